The lowest BCUT2D eigenvalue weighted by Gasteiger charge is -2.63. The van der Waals surface area contributed by atoms with Crippen LogP contribution in [0.5, 0.6) is 0 Å². The molecule has 4 heteroatoms. The van der Waals surface area contributed by atoms with E-state index in [1.807, 2.05) is 0 Å². The second-order valence-electron chi connectivity index (χ2n) is 3.10. The quantitative estimate of drug-likeness (QED) is 0.293. The number of nitrogens with zero attached hydrogens (tertiary/aromatic N) is 3. The first-order chi connectivity index (χ1) is 4.18. The highest BCUT2D eigenvalue weighted by Crippen LogP contribution is 2.65. The molecule has 0 heterocycles. The molecule has 0 atom stereocenters. The summed E-state index contributed by atoms with van der Waals surface area (Å²) in [6.45, 7) is 0. The molecule has 48 valence electrons. The molecule has 0 aromatic carbocycles. The Morgan fingerprint density at radius 2 is 2.00 bits per heavy atom. The van der Waals surface area contributed by atoms with Crippen molar-refractivity contribution in [2.75, 3.05) is 0 Å². The van der Waals surface area contributed by atoms with E-state index in [0.717, 1.165) is 0 Å². The maximum atomic E-state index is 12.7. The van der Waals surface area contributed by atoms with Crippen LogP contribution in [0.15, 0.2) is 5.11 Å². The highest BCUT2D eigenvalue weighted by Gasteiger charge is 2.68. The minimum absolute atomic E-state index is 0.288. The van der Waals surface area contributed by atoms with Crippen LogP contribution < -0.4 is 0 Å². The summed E-state index contributed by atoms with van der Waals surface area (Å²) in [5.74, 6) is 0. The van der Waals surface area contributed by atoms with E-state index in [4.69, 9.17) is 5.53 Å². The van der Waals surface area contributed by atoms with Crippen LogP contribution >= 0.6 is 0 Å². The third-order valence-corrected chi connectivity index (χ3v) is 2.19. The zero-order valence-electron chi connectivity index (χ0n) is 4.84. The summed E-state index contributed by atoms with van der Waals surface area (Å²) >= 11 is 0. The Balaban J connectivity index is 2.12. The minimum atomic E-state index is -0.936. The van der Waals surface area contributed by atoms with Crippen molar-refractivity contribution >= 4 is 0 Å². The van der Waals surface area contributed by atoms with Crippen LogP contribution in [0.1, 0.15) is 19.3 Å². The highest BCUT2D eigenvalue weighted by atomic mass is 19.1. The van der Waals surface area contributed by atoms with Crippen LogP contribution in [0.25, 0.3) is 10.4 Å². The van der Waals surface area contributed by atoms with Gasteiger partial charge in [0.05, 0.1) is 5.54 Å². The molecule has 9 heavy (non-hydrogen) atoms. The Bertz CT molecular complexity index is 186. The zero-order valence-corrected chi connectivity index (χ0v) is 4.84. The molecule has 0 aromatic rings. The molecule has 3 aliphatic rings. The fourth-order valence-electron chi connectivity index (χ4n) is 1.81. The summed E-state index contributed by atoms with van der Waals surface area (Å²) in [6.07, 6.45) is 1.39. The predicted octanol–water partition coefficient (Wildman–Crippen LogP) is 1.94. The van der Waals surface area contributed by atoms with E-state index in [0.29, 0.717) is 19.3 Å². The molecule has 3 saturated carbocycles. The van der Waals surface area contributed by atoms with Gasteiger partial charge in [0.15, 0.2) is 0 Å². The van der Waals surface area contributed by atoms with Gasteiger partial charge in [0.1, 0.15) is 5.67 Å². The fourth-order valence-corrected chi connectivity index (χ4v) is 1.81. The van der Waals surface area contributed by atoms with Crippen molar-refractivity contribution in [2.45, 2.75) is 30.5 Å². The van der Waals surface area contributed by atoms with E-state index < -0.39 is 5.67 Å². The molecule has 0 radical (unpaired) electrons. The van der Waals surface area contributed by atoms with Gasteiger partial charge in [-0.3, -0.25) is 0 Å². The van der Waals surface area contributed by atoms with Crippen molar-refractivity contribution in [1.29, 1.82) is 0 Å². The van der Waals surface area contributed by atoms with Gasteiger partial charge in [0.25, 0.3) is 0 Å². The number of hydrogen-bond acceptors (Lipinski definition) is 1. The predicted molar refractivity (Wildman–Crippen MR) is 29.6 cm³/mol. The molecule has 3 nitrogen and oxygen atoms in total. The van der Waals surface area contributed by atoms with E-state index >= 15 is 0 Å². The molecule has 0 saturated heterocycles. The molecule has 3 aliphatic carbocycles. The second-order valence-corrected chi connectivity index (χ2v) is 3.10. The average Bonchev–Trinajstić information content (AvgIpc) is 1.60. The summed E-state index contributed by atoms with van der Waals surface area (Å²) in [4.78, 5) is 2.66. The molecule has 0 amide bonds. The number of azide groups is 1. The largest absolute Gasteiger partial charge is 0.244 e. The van der Waals surface area contributed by atoms with Gasteiger partial charge in [0.2, 0.25) is 0 Å². The van der Waals surface area contributed by atoms with Gasteiger partial charge in [-0.2, -0.15) is 0 Å². The molecule has 0 spiro atoms. The molecule has 0 aromatic heterocycles. The SMILES string of the molecule is [N-]=[N+]=NC12CC(F)(C1)C2. The first-order valence-electron chi connectivity index (χ1n) is 2.93. The molecular formula is C5H6FN3. The molecule has 0 aliphatic heterocycles. The maximum Gasteiger partial charge on any atom is 0.113 e. The topological polar surface area (TPSA) is 48.8 Å². The van der Waals surface area contributed by atoms with Crippen LogP contribution in [0.4, 0.5) is 4.39 Å². The van der Waals surface area contributed by atoms with Crippen molar-refractivity contribution < 1.29 is 4.39 Å². The van der Waals surface area contributed by atoms with Crippen molar-refractivity contribution in [1.82, 2.24) is 0 Å². The summed E-state index contributed by atoms with van der Waals surface area (Å²) in [5, 5.41) is 3.51. The monoisotopic (exact) mass is 127 g/mol. The van der Waals surface area contributed by atoms with E-state index in [2.05, 4.69) is 10.0 Å². The molecule has 0 N–H and O–H groups in total. The van der Waals surface area contributed by atoms with Gasteiger partial charge < -0.3 is 0 Å². The standard InChI is InChI=1S/C5H6FN3/c6-4-1-5(2-4,3-4)8-9-7/h1-3H2. The third-order valence-electron chi connectivity index (χ3n) is 2.19. The van der Waals surface area contributed by atoms with Gasteiger partial charge in [-0.25, -0.2) is 4.39 Å². The number of alkyl halides is 1. The van der Waals surface area contributed by atoms with Gasteiger partial charge in [-0.1, -0.05) is 5.11 Å². The Morgan fingerprint density at radius 3 is 2.33 bits per heavy atom. The van der Waals surface area contributed by atoms with Crippen LogP contribution in [-0.4, -0.2) is 11.2 Å². The number of hydrogen-bond donors (Lipinski definition) is 0. The normalized spacial score (nSPS) is 52.6. The lowest BCUT2D eigenvalue weighted by atomic mass is 9.48. The lowest BCUT2D eigenvalue weighted by molar-refractivity contribution is -0.148. The Kier molecular flexibility index (Phi) is 0.601. The minimum Gasteiger partial charge on any atom is -0.244 e. The second kappa shape index (κ2) is 1.07. The first kappa shape index (κ1) is 5.06. The molecule has 0 unspecified atom stereocenters. The van der Waals surface area contributed by atoms with Gasteiger partial charge in [-0.15, -0.1) is 0 Å². The van der Waals surface area contributed by atoms with Crippen molar-refractivity contribution in [3.63, 3.8) is 0 Å². The molecule has 3 fully saturated rings. The smallest absolute Gasteiger partial charge is 0.113 e. The van der Waals surface area contributed by atoms with E-state index in [9.17, 15) is 4.39 Å². The fraction of sp³-hybridized carbons (Fsp3) is 1.00. The number of halogens is 1. The summed E-state index contributed by atoms with van der Waals surface area (Å²) < 4.78 is 12.7. The van der Waals surface area contributed by atoms with Crippen LogP contribution in [0.2, 0.25) is 0 Å². The molecule has 2 bridgehead atoms. The van der Waals surface area contributed by atoms with Crippen LogP contribution in [0, 0.1) is 0 Å². The van der Waals surface area contributed by atoms with Crippen molar-refractivity contribution in [3.05, 3.63) is 10.4 Å². The van der Waals surface area contributed by atoms with Gasteiger partial charge in [-0.05, 0) is 24.8 Å². The van der Waals surface area contributed by atoms with E-state index in [1.165, 1.54) is 0 Å². The molecular weight excluding hydrogens is 121 g/mol. The van der Waals surface area contributed by atoms with Crippen molar-refractivity contribution in [2.24, 2.45) is 5.11 Å². The maximum absolute atomic E-state index is 12.7. The van der Waals surface area contributed by atoms with Gasteiger partial charge in [0, 0.05) is 4.91 Å². The summed E-state index contributed by atoms with van der Waals surface area (Å²) in [6, 6.07) is 0. The van der Waals surface area contributed by atoms with Crippen LogP contribution in [-0.2, 0) is 0 Å². The van der Waals surface area contributed by atoms with E-state index in [-0.39, 0.29) is 5.54 Å². The van der Waals surface area contributed by atoms with Crippen LogP contribution in [0.3, 0.4) is 0 Å². The zero-order chi connectivity index (χ0) is 6.54. The molecule has 3 rings (SSSR count). The first-order valence-corrected chi connectivity index (χ1v) is 2.93. The number of rotatable bonds is 1. The average molecular weight is 127 g/mol. The van der Waals surface area contributed by atoms with Gasteiger partial charge >= 0.3 is 0 Å². The third kappa shape index (κ3) is 0.441. The Morgan fingerprint density at radius 1 is 1.44 bits per heavy atom. The van der Waals surface area contributed by atoms with E-state index in [1.54, 1.807) is 0 Å². The van der Waals surface area contributed by atoms with Crippen molar-refractivity contribution in [3.8, 4) is 0 Å². The highest BCUT2D eigenvalue weighted by molar-refractivity contribution is 5.25. The Labute approximate surface area is 51.5 Å². The Hall–Kier alpha value is -0.760. The summed E-state index contributed by atoms with van der Waals surface area (Å²) in [7, 11) is 0. The summed E-state index contributed by atoms with van der Waals surface area (Å²) in [5.41, 5.74) is 6.79. The lowest BCUT2D eigenvalue weighted by Crippen LogP contribution is -2.68.